The number of likely N-dealkylation sites (N-methyl/N-ethyl adjacent to an activating group) is 1. The molecule has 2 heterocycles. The minimum Gasteiger partial charge on any atom is -0.497 e. The second kappa shape index (κ2) is 11.8. The van der Waals surface area contributed by atoms with Gasteiger partial charge in [0.15, 0.2) is 0 Å². The molecule has 2 atom stereocenters. The van der Waals surface area contributed by atoms with Crippen molar-refractivity contribution < 1.29 is 29.0 Å². The van der Waals surface area contributed by atoms with Gasteiger partial charge >= 0.3 is 12.0 Å². The number of carbonyl (C=O) groups is 4. The van der Waals surface area contributed by atoms with Crippen molar-refractivity contribution in [3.8, 4) is 5.75 Å². The Morgan fingerprint density at radius 3 is 2.49 bits per heavy atom. The fourth-order valence-electron chi connectivity index (χ4n) is 5.62. The van der Waals surface area contributed by atoms with E-state index in [9.17, 15) is 24.3 Å². The molecular weight excluding hydrogens is 526 g/mol. The summed E-state index contributed by atoms with van der Waals surface area (Å²) >= 11 is 0. The number of benzene rings is 3. The van der Waals surface area contributed by atoms with Crippen LogP contribution in [0.15, 0.2) is 66.7 Å². The number of rotatable bonds is 8. The first-order chi connectivity index (χ1) is 19.8. The minimum absolute atomic E-state index is 0.0481. The first kappa shape index (κ1) is 27.9. The molecule has 2 N–H and O–H groups in total. The molecule has 11 heteroatoms. The van der Waals surface area contributed by atoms with Crippen LogP contribution in [0.1, 0.15) is 24.0 Å². The van der Waals surface area contributed by atoms with Crippen LogP contribution in [0.25, 0.3) is 10.8 Å². The summed E-state index contributed by atoms with van der Waals surface area (Å²) in [6.07, 6.45) is -1.13. The van der Waals surface area contributed by atoms with Crippen molar-refractivity contribution in [1.82, 2.24) is 25.1 Å². The number of carboxylic acid groups (broad SMARTS) is 1. The predicted molar refractivity (Wildman–Crippen MR) is 150 cm³/mol. The third-order valence-corrected chi connectivity index (χ3v) is 7.62. The number of fused-ring (bicyclic) bond motifs is 2. The maximum absolute atomic E-state index is 13.8. The van der Waals surface area contributed by atoms with Crippen LogP contribution in [0.3, 0.4) is 0 Å². The average molecular weight is 560 g/mol. The van der Waals surface area contributed by atoms with Gasteiger partial charge in [-0.3, -0.25) is 14.4 Å². The largest absolute Gasteiger partial charge is 0.497 e. The van der Waals surface area contributed by atoms with Gasteiger partial charge in [0.05, 0.1) is 20.2 Å². The van der Waals surface area contributed by atoms with Crippen molar-refractivity contribution >= 4 is 34.6 Å². The number of aliphatic carboxylic acids is 1. The molecular formula is C30H33N5O6. The third kappa shape index (κ3) is 5.80. The number of hydrogen-bond acceptors (Lipinski definition) is 6. The number of urea groups is 1. The third-order valence-electron chi connectivity index (χ3n) is 7.62. The lowest BCUT2D eigenvalue weighted by Crippen LogP contribution is -2.75. The highest BCUT2D eigenvalue weighted by molar-refractivity contribution is 5.92. The molecule has 3 aromatic rings. The van der Waals surface area contributed by atoms with Crippen molar-refractivity contribution in [3.63, 3.8) is 0 Å². The van der Waals surface area contributed by atoms with E-state index >= 15 is 0 Å². The van der Waals surface area contributed by atoms with Gasteiger partial charge in [0.2, 0.25) is 11.8 Å². The van der Waals surface area contributed by atoms with E-state index in [0.717, 1.165) is 21.9 Å². The van der Waals surface area contributed by atoms with Gasteiger partial charge in [-0.05, 0) is 40.5 Å². The second-order valence-electron chi connectivity index (χ2n) is 10.3. The van der Waals surface area contributed by atoms with E-state index in [1.54, 1.807) is 36.2 Å². The van der Waals surface area contributed by atoms with Crippen molar-refractivity contribution in [1.29, 1.82) is 0 Å². The van der Waals surface area contributed by atoms with Gasteiger partial charge in [-0.2, -0.15) is 0 Å². The molecule has 2 fully saturated rings. The van der Waals surface area contributed by atoms with E-state index in [2.05, 4.69) is 5.32 Å². The van der Waals surface area contributed by atoms with Gasteiger partial charge in [0.25, 0.3) is 0 Å². The van der Waals surface area contributed by atoms with E-state index in [1.807, 2.05) is 54.6 Å². The number of ether oxygens (including phenoxy) is 1. The van der Waals surface area contributed by atoms with E-state index in [-0.39, 0.29) is 50.8 Å². The van der Waals surface area contributed by atoms with Crippen LogP contribution in [-0.4, -0.2) is 88.2 Å². The molecule has 3 aromatic carbocycles. The molecule has 214 valence electrons. The fourth-order valence-corrected chi connectivity index (χ4v) is 5.62. The van der Waals surface area contributed by atoms with Crippen LogP contribution < -0.4 is 10.1 Å². The molecule has 0 radical (unpaired) electrons. The number of nitrogens with one attached hydrogen (secondary N) is 1. The average Bonchev–Trinajstić information content (AvgIpc) is 2.96. The summed E-state index contributed by atoms with van der Waals surface area (Å²) < 4.78 is 5.19. The van der Waals surface area contributed by atoms with Gasteiger partial charge in [-0.25, -0.2) is 14.8 Å². The Bertz CT molecular complexity index is 1460. The Morgan fingerprint density at radius 1 is 1.02 bits per heavy atom. The SMILES string of the molecule is COc1ccc(CNC(=O)N2[C@H]3CN(Cc4cccc5ccccc45)C(=O)[C@H](CCC(=O)O)N3C(=O)CN2C)cc1. The Morgan fingerprint density at radius 2 is 1.76 bits per heavy atom. The zero-order valence-electron chi connectivity index (χ0n) is 23.0. The molecule has 5 rings (SSSR count). The number of carboxylic acids is 1. The molecule has 0 aliphatic carbocycles. The number of nitrogens with zero attached hydrogens (tertiary/aromatic N) is 4. The summed E-state index contributed by atoms with van der Waals surface area (Å²) in [7, 11) is 3.23. The highest BCUT2D eigenvalue weighted by Gasteiger charge is 2.50. The number of piperazine rings is 1. The van der Waals surface area contributed by atoms with Gasteiger partial charge in [-0.1, -0.05) is 54.6 Å². The highest BCUT2D eigenvalue weighted by Crippen LogP contribution is 2.30. The molecule has 0 bridgehead atoms. The predicted octanol–water partition coefficient (Wildman–Crippen LogP) is 2.65. The summed E-state index contributed by atoms with van der Waals surface area (Å²) in [5.74, 6) is -1.01. The number of carbonyl (C=O) groups excluding carboxylic acids is 3. The first-order valence-corrected chi connectivity index (χ1v) is 13.5. The molecule has 0 aromatic heterocycles. The quantitative estimate of drug-likeness (QED) is 0.435. The molecule has 2 saturated heterocycles. The molecule has 0 unspecified atom stereocenters. The normalized spacial score (nSPS) is 19.3. The maximum atomic E-state index is 13.8. The van der Waals surface area contributed by atoms with Crippen LogP contribution in [-0.2, 0) is 27.5 Å². The van der Waals surface area contributed by atoms with Crippen LogP contribution in [0.4, 0.5) is 4.79 Å². The van der Waals surface area contributed by atoms with E-state index in [0.29, 0.717) is 5.75 Å². The van der Waals surface area contributed by atoms with Crippen LogP contribution in [0.2, 0.25) is 0 Å². The Balaban J connectivity index is 1.43. The topological polar surface area (TPSA) is 123 Å². The van der Waals surface area contributed by atoms with Crippen LogP contribution in [0.5, 0.6) is 5.75 Å². The minimum atomic E-state index is -1.06. The van der Waals surface area contributed by atoms with E-state index in [1.165, 1.54) is 9.91 Å². The Hall–Kier alpha value is -4.64. The summed E-state index contributed by atoms with van der Waals surface area (Å²) in [5, 5.41) is 17.3. The van der Waals surface area contributed by atoms with E-state index in [4.69, 9.17) is 4.74 Å². The van der Waals surface area contributed by atoms with Gasteiger partial charge < -0.3 is 25.0 Å². The summed E-state index contributed by atoms with van der Waals surface area (Å²) in [5.41, 5.74) is 1.79. The molecule has 41 heavy (non-hydrogen) atoms. The maximum Gasteiger partial charge on any atom is 0.334 e. The number of hydrazine groups is 1. The van der Waals surface area contributed by atoms with Gasteiger partial charge in [0.1, 0.15) is 18.0 Å². The molecule has 0 saturated carbocycles. The van der Waals surface area contributed by atoms with Crippen molar-refractivity contribution in [2.75, 3.05) is 27.2 Å². The number of hydrogen-bond donors (Lipinski definition) is 2. The standard InChI is InChI=1S/C30H33N5O6/c1-32-19-27(36)34-25(14-15-28(37)38)29(39)33(17-22-8-5-7-21-6-3-4-9-24(21)22)18-26(34)35(32)30(40)31-16-20-10-12-23(41-2)13-11-20/h3-13,25-26H,14-19H2,1-2H3,(H,31,40)(H,37,38)/t25-,26-/m0/s1. The zero-order valence-corrected chi connectivity index (χ0v) is 23.0. The number of amides is 4. The molecule has 11 nitrogen and oxygen atoms in total. The molecule has 2 aliphatic heterocycles. The molecule has 2 aliphatic rings. The monoisotopic (exact) mass is 559 g/mol. The smallest absolute Gasteiger partial charge is 0.334 e. The number of methoxy groups -OCH3 is 1. The van der Waals surface area contributed by atoms with E-state index < -0.39 is 24.2 Å². The first-order valence-electron chi connectivity index (χ1n) is 13.5. The second-order valence-corrected chi connectivity index (χ2v) is 10.3. The molecule has 4 amide bonds. The zero-order chi connectivity index (χ0) is 29.1. The van der Waals surface area contributed by atoms with Crippen LogP contribution >= 0.6 is 0 Å². The van der Waals surface area contributed by atoms with Crippen molar-refractivity contribution in [2.24, 2.45) is 0 Å². The lowest BCUT2D eigenvalue weighted by Gasteiger charge is -2.54. The summed E-state index contributed by atoms with van der Waals surface area (Å²) in [6, 6.07) is 19.6. The van der Waals surface area contributed by atoms with Crippen LogP contribution in [0, 0.1) is 0 Å². The summed E-state index contributed by atoms with van der Waals surface area (Å²) in [4.78, 5) is 55.2. The fraction of sp³-hybridized carbons (Fsp3) is 0.333. The Labute approximate surface area is 237 Å². The molecule has 0 spiro atoms. The lowest BCUT2D eigenvalue weighted by molar-refractivity contribution is -0.188. The van der Waals surface area contributed by atoms with Crippen molar-refractivity contribution in [3.05, 3.63) is 77.9 Å². The van der Waals surface area contributed by atoms with Gasteiger partial charge in [-0.15, -0.1) is 0 Å². The van der Waals surface area contributed by atoms with Gasteiger partial charge in [0, 0.05) is 26.6 Å². The Kier molecular flexibility index (Phi) is 8.06. The van der Waals surface area contributed by atoms with Crippen molar-refractivity contribution in [2.45, 2.75) is 38.1 Å². The lowest BCUT2D eigenvalue weighted by atomic mass is 9.99. The highest BCUT2D eigenvalue weighted by atomic mass is 16.5. The summed E-state index contributed by atoms with van der Waals surface area (Å²) in [6.45, 7) is 0.465.